The van der Waals surface area contributed by atoms with Crippen LogP contribution in [0.4, 0.5) is 0 Å². The van der Waals surface area contributed by atoms with E-state index in [2.05, 4.69) is 30.4 Å². The van der Waals surface area contributed by atoms with Crippen LogP contribution in [0, 0.1) is 18.8 Å². The Morgan fingerprint density at radius 1 is 1.18 bits per heavy atom. The van der Waals surface area contributed by atoms with Crippen LogP contribution >= 0.6 is 0 Å². The van der Waals surface area contributed by atoms with Gasteiger partial charge in [-0.3, -0.25) is 14.4 Å². The van der Waals surface area contributed by atoms with Crippen LogP contribution in [0.5, 0.6) is 0 Å². The average Bonchev–Trinajstić information content (AvgIpc) is 2.64. The molecule has 2 rings (SSSR count). The normalized spacial score (nSPS) is 15.7. The van der Waals surface area contributed by atoms with Crippen LogP contribution in [-0.2, 0) is 27.3 Å². The number of fused-ring (bicyclic) bond motifs is 1. The molecule has 6 heteroatoms. The second-order valence-corrected chi connectivity index (χ2v) is 8.20. The van der Waals surface area contributed by atoms with Gasteiger partial charge in [0.1, 0.15) is 6.04 Å². The van der Waals surface area contributed by atoms with E-state index in [-0.39, 0.29) is 30.1 Å². The van der Waals surface area contributed by atoms with E-state index < -0.39 is 12.0 Å². The summed E-state index contributed by atoms with van der Waals surface area (Å²) in [5.74, 6) is -1.44. The molecule has 0 aliphatic carbocycles. The van der Waals surface area contributed by atoms with Gasteiger partial charge in [-0.2, -0.15) is 0 Å². The molecular weight excluding hydrogens is 356 g/mol. The van der Waals surface area contributed by atoms with Gasteiger partial charge in [-0.1, -0.05) is 44.5 Å². The number of amides is 2. The van der Waals surface area contributed by atoms with Gasteiger partial charge in [0.05, 0.1) is 0 Å². The summed E-state index contributed by atoms with van der Waals surface area (Å²) < 4.78 is 0. The molecule has 0 radical (unpaired) electrons. The molecule has 0 saturated carbocycles. The lowest BCUT2D eigenvalue weighted by Crippen LogP contribution is -2.53. The Morgan fingerprint density at radius 2 is 1.89 bits per heavy atom. The molecule has 28 heavy (non-hydrogen) atoms. The van der Waals surface area contributed by atoms with Crippen LogP contribution in [0.25, 0.3) is 0 Å². The van der Waals surface area contributed by atoms with Gasteiger partial charge >= 0.3 is 5.97 Å². The highest BCUT2D eigenvalue weighted by molar-refractivity contribution is 5.88. The molecule has 6 nitrogen and oxygen atoms in total. The van der Waals surface area contributed by atoms with Gasteiger partial charge in [0.15, 0.2) is 0 Å². The van der Waals surface area contributed by atoms with Crippen molar-refractivity contribution in [2.45, 2.75) is 66.0 Å². The number of rotatable bonds is 8. The summed E-state index contributed by atoms with van der Waals surface area (Å²) >= 11 is 0. The van der Waals surface area contributed by atoms with Crippen molar-refractivity contribution < 1.29 is 19.5 Å². The van der Waals surface area contributed by atoms with Gasteiger partial charge in [0.2, 0.25) is 11.8 Å². The summed E-state index contributed by atoms with van der Waals surface area (Å²) in [6, 6.07) is 5.75. The number of carboxylic acids is 1. The monoisotopic (exact) mass is 388 g/mol. The van der Waals surface area contributed by atoms with Crippen LogP contribution in [0.15, 0.2) is 18.2 Å². The average molecular weight is 389 g/mol. The van der Waals surface area contributed by atoms with Crippen molar-refractivity contribution in [3.8, 4) is 0 Å². The number of hydrogen-bond donors (Lipinski definition) is 2. The van der Waals surface area contributed by atoms with Crippen molar-refractivity contribution in [1.29, 1.82) is 0 Å². The highest BCUT2D eigenvalue weighted by Crippen LogP contribution is 2.22. The zero-order chi connectivity index (χ0) is 20.8. The van der Waals surface area contributed by atoms with Gasteiger partial charge in [0, 0.05) is 25.4 Å². The summed E-state index contributed by atoms with van der Waals surface area (Å²) in [5.41, 5.74) is 3.69. The molecular formula is C22H32N2O4. The molecule has 154 valence electrons. The minimum atomic E-state index is -0.858. The number of nitrogens with zero attached hydrogens (tertiary/aromatic N) is 1. The van der Waals surface area contributed by atoms with Gasteiger partial charge in [-0.05, 0) is 43.2 Å². The van der Waals surface area contributed by atoms with Gasteiger partial charge in [-0.15, -0.1) is 0 Å². The first-order chi connectivity index (χ1) is 13.2. The molecule has 2 amide bonds. The highest BCUT2D eigenvalue weighted by atomic mass is 16.4. The van der Waals surface area contributed by atoms with Crippen molar-refractivity contribution in [3.63, 3.8) is 0 Å². The van der Waals surface area contributed by atoms with E-state index in [1.54, 1.807) is 6.92 Å². The number of carbonyl (C=O) groups is 3. The van der Waals surface area contributed by atoms with Gasteiger partial charge in [0.25, 0.3) is 0 Å². The smallest absolute Gasteiger partial charge is 0.303 e. The van der Waals surface area contributed by atoms with Crippen LogP contribution in [0.3, 0.4) is 0 Å². The third-order valence-corrected chi connectivity index (χ3v) is 5.39. The van der Waals surface area contributed by atoms with Crippen LogP contribution in [-0.4, -0.2) is 40.4 Å². The molecule has 1 aromatic rings. The first kappa shape index (κ1) is 21.9. The summed E-state index contributed by atoms with van der Waals surface area (Å²) in [5, 5.41) is 11.6. The van der Waals surface area contributed by atoms with E-state index >= 15 is 0 Å². The third kappa shape index (κ3) is 5.81. The van der Waals surface area contributed by atoms with Crippen LogP contribution in [0.1, 0.15) is 56.7 Å². The topological polar surface area (TPSA) is 86.7 Å². The standard InChI is InChI=1S/C22H32N2O4/c1-14(2)20(23-21(27)16(4)6-5-7-19(25)26)22(28)24-11-10-17-12-15(3)8-9-18(17)13-24/h8-9,12,14,16,20H,5-7,10-11,13H2,1-4H3,(H,23,27)(H,25,26)/t16-,20-/m0/s1. The minimum absolute atomic E-state index is 0.0258. The second kappa shape index (κ2) is 9.71. The Hall–Kier alpha value is -2.37. The largest absolute Gasteiger partial charge is 0.481 e. The molecule has 1 aliphatic heterocycles. The number of aryl methyl sites for hydroxylation is 1. The van der Waals surface area contributed by atoms with Crippen molar-refractivity contribution in [1.82, 2.24) is 10.2 Å². The maximum atomic E-state index is 13.1. The third-order valence-electron chi connectivity index (χ3n) is 5.39. The number of carbonyl (C=O) groups excluding carboxylic acids is 2. The molecule has 1 heterocycles. The van der Waals surface area contributed by atoms with Crippen LogP contribution in [0.2, 0.25) is 0 Å². The van der Waals surface area contributed by atoms with E-state index in [0.717, 1.165) is 6.42 Å². The van der Waals surface area contributed by atoms with E-state index in [0.29, 0.717) is 25.9 Å². The zero-order valence-electron chi connectivity index (χ0n) is 17.3. The predicted molar refractivity (Wildman–Crippen MR) is 108 cm³/mol. The van der Waals surface area contributed by atoms with E-state index in [4.69, 9.17) is 5.11 Å². The highest BCUT2D eigenvalue weighted by Gasteiger charge is 2.31. The molecule has 2 N–H and O–H groups in total. The van der Waals surface area contributed by atoms with E-state index in [1.807, 2.05) is 18.7 Å². The molecule has 0 spiro atoms. The van der Waals surface area contributed by atoms with Gasteiger partial charge < -0.3 is 15.3 Å². The lowest BCUT2D eigenvalue weighted by atomic mass is 9.95. The fourth-order valence-electron chi connectivity index (χ4n) is 3.57. The number of hydrogen-bond acceptors (Lipinski definition) is 3. The minimum Gasteiger partial charge on any atom is -0.481 e. The molecule has 0 fully saturated rings. The molecule has 2 atom stereocenters. The Kier molecular flexibility index (Phi) is 7.61. The lowest BCUT2D eigenvalue weighted by molar-refractivity contribution is -0.139. The summed E-state index contributed by atoms with van der Waals surface area (Å²) in [4.78, 5) is 38.1. The molecule has 1 aromatic carbocycles. The lowest BCUT2D eigenvalue weighted by Gasteiger charge is -2.34. The molecule has 1 aliphatic rings. The van der Waals surface area contributed by atoms with E-state index in [9.17, 15) is 14.4 Å². The maximum absolute atomic E-state index is 13.1. The summed E-state index contributed by atoms with van der Waals surface area (Å²) in [6.07, 6.45) is 1.82. The van der Waals surface area contributed by atoms with Gasteiger partial charge in [-0.25, -0.2) is 0 Å². The van der Waals surface area contributed by atoms with Crippen molar-refractivity contribution in [2.24, 2.45) is 11.8 Å². The molecule has 0 saturated heterocycles. The fraction of sp³-hybridized carbons (Fsp3) is 0.591. The first-order valence-electron chi connectivity index (χ1n) is 10.1. The predicted octanol–water partition coefficient (Wildman–Crippen LogP) is 2.91. The Morgan fingerprint density at radius 3 is 2.54 bits per heavy atom. The molecule has 0 bridgehead atoms. The number of nitrogens with one attached hydrogen (secondary N) is 1. The Balaban J connectivity index is 1.99. The maximum Gasteiger partial charge on any atom is 0.303 e. The quantitative estimate of drug-likeness (QED) is 0.717. The Bertz CT molecular complexity index is 729. The fourth-order valence-corrected chi connectivity index (χ4v) is 3.57. The zero-order valence-corrected chi connectivity index (χ0v) is 17.3. The van der Waals surface area contributed by atoms with Crippen molar-refractivity contribution in [3.05, 3.63) is 34.9 Å². The second-order valence-electron chi connectivity index (χ2n) is 8.20. The summed E-state index contributed by atoms with van der Waals surface area (Å²) in [6.45, 7) is 8.93. The van der Waals surface area contributed by atoms with Crippen molar-refractivity contribution in [2.75, 3.05) is 6.54 Å². The Labute approximate surface area is 167 Å². The number of benzene rings is 1. The van der Waals surface area contributed by atoms with E-state index in [1.165, 1.54) is 16.7 Å². The van der Waals surface area contributed by atoms with Crippen molar-refractivity contribution >= 4 is 17.8 Å². The number of carboxylic acid groups (broad SMARTS) is 1. The first-order valence-corrected chi connectivity index (χ1v) is 10.1. The number of aliphatic carboxylic acids is 1. The summed E-state index contributed by atoms with van der Waals surface area (Å²) in [7, 11) is 0. The molecule has 0 unspecified atom stereocenters. The molecule has 0 aromatic heterocycles. The van der Waals surface area contributed by atoms with Crippen LogP contribution < -0.4 is 5.32 Å². The SMILES string of the molecule is Cc1ccc2c(c1)CCN(C(=O)[C@@H](NC(=O)[C@@H](C)CCCC(=O)O)C(C)C)C2.